The van der Waals surface area contributed by atoms with Crippen LogP contribution in [0.15, 0.2) is 42.9 Å². The van der Waals surface area contributed by atoms with Crippen LogP contribution in [0, 0.1) is 13.8 Å². The van der Waals surface area contributed by atoms with Gasteiger partial charge in [-0.1, -0.05) is 12.1 Å². The van der Waals surface area contributed by atoms with Crippen molar-refractivity contribution in [1.82, 2.24) is 14.6 Å². The fraction of sp³-hybridized carbons (Fsp3) is 0.333. The quantitative estimate of drug-likeness (QED) is 0.729. The van der Waals surface area contributed by atoms with Gasteiger partial charge in [0.1, 0.15) is 5.52 Å². The van der Waals surface area contributed by atoms with Crippen molar-refractivity contribution in [3.63, 3.8) is 0 Å². The van der Waals surface area contributed by atoms with Crippen LogP contribution in [-0.2, 0) is 0 Å². The molecule has 0 amide bonds. The summed E-state index contributed by atoms with van der Waals surface area (Å²) in [5.41, 5.74) is 5.10. The van der Waals surface area contributed by atoms with Gasteiger partial charge in [-0.15, -0.1) is 0 Å². The third-order valence-corrected chi connectivity index (χ3v) is 4.59. The molecule has 1 aliphatic heterocycles. The predicted molar refractivity (Wildman–Crippen MR) is 93.3 cm³/mol. The van der Waals surface area contributed by atoms with Crippen LogP contribution in [0.2, 0.25) is 0 Å². The standard InChI is InChI=1S/C18H21N5/c1-14-3-4-15(2)17(13-14)21-9-11-22(12-10-21)18-16-5-6-20-23(16)8-7-19-18/h3-8,13H,9-12H2,1-2H3. The lowest BCUT2D eigenvalue weighted by Gasteiger charge is -2.37. The SMILES string of the molecule is Cc1ccc(C)c(N2CCN(c3nccn4nccc34)CC2)c1. The number of nitrogens with zero attached hydrogens (tertiary/aromatic N) is 5. The van der Waals surface area contributed by atoms with E-state index in [1.807, 2.05) is 29.2 Å². The number of fused-ring (bicyclic) bond motifs is 1. The van der Waals surface area contributed by atoms with Gasteiger partial charge in [0.25, 0.3) is 0 Å². The highest BCUT2D eigenvalue weighted by Crippen LogP contribution is 2.25. The Kier molecular flexibility index (Phi) is 3.41. The van der Waals surface area contributed by atoms with E-state index in [0.717, 1.165) is 37.5 Å². The number of aromatic nitrogens is 3. The Morgan fingerprint density at radius 3 is 2.52 bits per heavy atom. The highest BCUT2D eigenvalue weighted by Gasteiger charge is 2.21. The first-order chi connectivity index (χ1) is 11.2. The van der Waals surface area contributed by atoms with Gasteiger partial charge in [-0.3, -0.25) is 0 Å². The molecule has 0 atom stereocenters. The van der Waals surface area contributed by atoms with Crippen molar-refractivity contribution < 1.29 is 0 Å². The molecule has 5 heteroatoms. The monoisotopic (exact) mass is 307 g/mol. The van der Waals surface area contributed by atoms with E-state index in [9.17, 15) is 0 Å². The maximum absolute atomic E-state index is 4.58. The highest BCUT2D eigenvalue weighted by atomic mass is 15.3. The summed E-state index contributed by atoms with van der Waals surface area (Å²) in [7, 11) is 0. The van der Waals surface area contributed by atoms with E-state index in [1.165, 1.54) is 16.8 Å². The molecular weight excluding hydrogens is 286 g/mol. The van der Waals surface area contributed by atoms with E-state index in [4.69, 9.17) is 0 Å². The largest absolute Gasteiger partial charge is 0.368 e. The summed E-state index contributed by atoms with van der Waals surface area (Å²) in [6.07, 6.45) is 5.55. The van der Waals surface area contributed by atoms with Gasteiger partial charge in [0, 0.05) is 44.3 Å². The lowest BCUT2D eigenvalue weighted by Crippen LogP contribution is -2.47. The maximum atomic E-state index is 4.58. The summed E-state index contributed by atoms with van der Waals surface area (Å²) in [6, 6.07) is 8.71. The zero-order chi connectivity index (χ0) is 15.8. The minimum Gasteiger partial charge on any atom is -0.368 e. The topological polar surface area (TPSA) is 36.7 Å². The van der Waals surface area contributed by atoms with Crippen molar-refractivity contribution in [2.24, 2.45) is 0 Å². The van der Waals surface area contributed by atoms with Gasteiger partial charge >= 0.3 is 0 Å². The average Bonchev–Trinajstić information content (AvgIpc) is 3.06. The first-order valence-corrected chi connectivity index (χ1v) is 8.08. The first kappa shape index (κ1) is 14.1. The van der Waals surface area contributed by atoms with E-state index in [0.29, 0.717) is 0 Å². The molecule has 1 aliphatic rings. The lowest BCUT2D eigenvalue weighted by molar-refractivity contribution is 0.646. The van der Waals surface area contributed by atoms with E-state index < -0.39 is 0 Å². The van der Waals surface area contributed by atoms with Crippen LogP contribution < -0.4 is 9.80 Å². The molecule has 0 bridgehead atoms. The van der Waals surface area contributed by atoms with E-state index >= 15 is 0 Å². The van der Waals surface area contributed by atoms with Crippen molar-refractivity contribution in [3.8, 4) is 0 Å². The molecule has 0 radical (unpaired) electrons. The highest BCUT2D eigenvalue weighted by molar-refractivity contribution is 5.69. The fourth-order valence-electron chi connectivity index (χ4n) is 3.31. The molecule has 4 rings (SSSR count). The molecule has 3 heterocycles. The van der Waals surface area contributed by atoms with Gasteiger partial charge in [-0.2, -0.15) is 5.10 Å². The van der Waals surface area contributed by atoms with Crippen molar-refractivity contribution in [2.75, 3.05) is 36.0 Å². The number of benzene rings is 1. The summed E-state index contributed by atoms with van der Waals surface area (Å²) < 4.78 is 1.89. The summed E-state index contributed by atoms with van der Waals surface area (Å²) >= 11 is 0. The molecule has 23 heavy (non-hydrogen) atoms. The van der Waals surface area contributed by atoms with Crippen molar-refractivity contribution in [2.45, 2.75) is 13.8 Å². The van der Waals surface area contributed by atoms with Crippen LogP contribution in [0.4, 0.5) is 11.5 Å². The Morgan fingerprint density at radius 2 is 1.70 bits per heavy atom. The lowest BCUT2D eigenvalue weighted by atomic mass is 10.1. The summed E-state index contributed by atoms with van der Waals surface area (Å²) in [4.78, 5) is 9.42. The first-order valence-electron chi connectivity index (χ1n) is 8.08. The van der Waals surface area contributed by atoms with Gasteiger partial charge < -0.3 is 9.80 Å². The molecule has 0 N–H and O–H groups in total. The summed E-state index contributed by atoms with van der Waals surface area (Å²) in [6.45, 7) is 8.33. The molecular formula is C18H21N5. The smallest absolute Gasteiger partial charge is 0.154 e. The number of piperazine rings is 1. The van der Waals surface area contributed by atoms with E-state index in [2.05, 4.69) is 51.9 Å². The van der Waals surface area contributed by atoms with Crippen LogP contribution in [0.3, 0.4) is 0 Å². The molecule has 5 nitrogen and oxygen atoms in total. The van der Waals surface area contributed by atoms with Crippen LogP contribution in [-0.4, -0.2) is 40.8 Å². The molecule has 0 unspecified atom stereocenters. The Labute approximate surface area is 136 Å². The number of hydrogen-bond donors (Lipinski definition) is 0. The normalized spacial score (nSPS) is 15.4. The predicted octanol–water partition coefficient (Wildman–Crippen LogP) is 2.67. The van der Waals surface area contributed by atoms with Crippen molar-refractivity contribution >= 4 is 17.0 Å². The summed E-state index contributed by atoms with van der Waals surface area (Å²) in [5, 5.41) is 4.30. The molecule has 1 saturated heterocycles. The molecule has 0 spiro atoms. The molecule has 1 fully saturated rings. The zero-order valence-corrected chi connectivity index (χ0v) is 13.6. The zero-order valence-electron chi connectivity index (χ0n) is 13.6. The number of anilines is 2. The third kappa shape index (κ3) is 2.52. The minimum atomic E-state index is 0.977. The van der Waals surface area contributed by atoms with Gasteiger partial charge in [0.15, 0.2) is 5.82 Å². The molecule has 0 saturated carbocycles. The van der Waals surface area contributed by atoms with E-state index in [-0.39, 0.29) is 0 Å². The van der Waals surface area contributed by atoms with Crippen LogP contribution in [0.25, 0.3) is 5.52 Å². The minimum absolute atomic E-state index is 0.977. The molecule has 118 valence electrons. The average molecular weight is 307 g/mol. The molecule has 3 aromatic rings. The van der Waals surface area contributed by atoms with Crippen LogP contribution in [0.1, 0.15) is 11.1 Å². The fourth-order valence-corrected chi connectivity index (χ4v) is 3.31. The van der Waals surface area contributed by atoms with Gasteiger partial charge in [-0.25, -0.2) is 9.50 Å². The van der Waals surface area contributed by atoms with Crippen LogP contribution >= 0.6 is 0 Å². The maximum Gasteiger partial charge on any atom is 0.154 e. The Morgan fingerprint density at radius 1 is 0.913 bits per heavy atom. The van der Waals surface area contributed by atoms with Crippen molar-refractivity contribution in [1.29, 1.82) is 0 Å². The van der Waals surface area contributed by atoms with Gasteiger partial charge in [-0.05, 0) is 37.1 Å². The Hall–Kier alpha value is -2.56. The number of rotatable bonds is 2. The second kappa shape index (κ2) is 5.57. The van der Waals surface area contributed by atoms with Gasteiger partial charge in [0.2, 0.25) is 0 Å². The third-order valence-electron chi connectivity index (χ3n) is 4.59. The van der Waals surface area contributed by atoms with E-state index in [1.54, 1.807) is 0 Å². The molecule has 0 aliphatic carbocycles. The number of aryl methyl sites for hydroxylation is 2. The molecule has 1 aromatic carbocycles. The Bertz CT molecular complexity index is 830. The van der Waals surface area contributed by atoms with Crippen LogP contribution in [0.5, 0.6) is 0 Å². The second-order valence-corrected chi connectivity index (χ2v) is 6.18. The van der Waals surface area contributed by atoms with Crippen molar-refractivity contribution in [3.05, 3.63) is 54.0 Å². The number of hydrogen-bond acceptors (Lipinski definition) is 4. The summed E-state index contributed by atoms with van der Waals surface area (Å²) in [5.74, 6) is 1.03. The van der Waals surface area contributed by atoms with Gasteiger partial charge in [0.05, 0.1) is 6.20 Å². The molecule has 2 aromatic heterocycles. The second-order valence-electron chi connectivity index (χ2n) is 6.18. The Balaban J connectivity index is 1.55.